The van der Waals surface area contributed by atoms with Crippen molar-refractivity contribution in [3.63, 3.8) is 0 Å². The van der Waals surface area contributed by atoms with Crippen LogP contribution in [-0.4, -0.2) is 54.6 Å². The number of hydrogen-bond donors (Lipinski definition) is 2. The van der Waals surface area contributed by atoms with Gasteiger partial charge < -0.3 is 15.5 Å². The molecule has 2 aromatic rings. The summed E-state index contributed by atoms with van der Waals surface area (Å²) < 4.78 is 0. The van der Waals surface area contributed by atoms with Crippen LogP contribution in [0.25, 0.3) is 10.9 Å². The molecule has 2 N–H and O–H groups in total. The molecule has 3 fully saturated rings. The molecule has 5 heteroatoms. The van der Waals surface area contributed by atoms with Crippen molar-refractivity contribution in [3.8, 4) is 0 Å². The predicted octanol–water partition coefficient (Wildman–Crippen LogP) is 3.45. The fraction of sp³-hybridized carbons (Fsp3) is 0.600. The number of amides is 1. The Balaban J connectivity index is 1.08. The molecule has 1 aromatic carbocycles. The molecule has 5 nitrogen and oxygen atoms in total. The van der Waals surface area contributed by atoms with E-state index in [1.165, 1.54) is 58.4 Å². The van der Waals surface area contributed by atoms with Gasteiger partial charge in [0.25, 0.3) is 5.91 Å². The van der Waals surface area contributed by atoms with Crippen LogP contribution >= 0.6 is 0 Å². The zero-order chi connectivity index (χ0) is 20.3. The number of hydrogen-bond acceptors (Lipinski definition) is 4. The van der Waals surface area contributed by atoms with Crippen molar-refractivity contribution in [1.29, 1.82) is 0 Å². The third kappa shape index (κ3) is 4.37. The maximum atomic E-state index is 12.9. The number of rotatable bonds is 5. The largest absolute Gasteiger partial charge is 0.349 e. The van der Waals surface area contributed by atoms with Crippen molar-refractivity contribution < 1.29 is 4.79 Å². The van der Waals surface area contributed by atoms with Crippen LogP contribution in [-0.2, 0) is 0 Å². The number of nitrogens with one attached hydrogen (secondary N) is 2. The summed E-state index contributed by atoms with van der Waals surface area (Å²) in [4.78, 5) is 20.0. The lowest BCUT2D eigenvalue weighted by Crippen LogP contribution is -2.41. The molecule has 1 aromatic heterocycles. The predicted molar refractivity (Wildman–Crippen MR) is 120 cm³/mol. The van der Waals surface area contributed by atoms with Gasteiger partial charge in [0, 0.05) is 29.7 Å². The third-order valence-electron chi connectivity index (χ3n) is 7.71. The molecule has 160 valence electrons. The first kappa shape index (κ1) is 20.0. The van der Waals surface area contributed by atoms with Crippen LogP contribution in [0.1, 0.15) is 48.9 Å². The lowest BCUT2D eigenvalue weighted by atomic mass is 9.83. The Morgan fingerprint density at radius 2 is 1.93 bits per heavy atom. The van der Waals surface area contributed by atoms with E-state index < -0.39 is 0 Å². The summed E-state index contributed by atoms with van der Waals surface area (Å²) in [6.07, 6.45) is 9.16. The van der Waals surface area contributed by atoms with Gasteiger partial charge in [0.05, 0.1) is 5.52 Å². The average molecular weight is 407 g/mol. The molecule has 0 spiro atoms. The van der Waals surface area contributed by atoms with Gasteiger partial charge in [-0.3, -0.25) is 9.78 Å². The van der Waals surface area contributed by atoms with Crippen molar-refractivity contribution in [2.45, 2.75) is 44.6 Å². The monoisotopic (exact) mass is 406 g/mol. The van der Waals surface area contributed by atoms with Crippen LogP contribution in [0.4, 0.5) is 0 Å². The van der Waals surface area contributed by atoms with E-state index >= 15 is 0 Å². The van der Waals surface area contributed by atoms with E-state index in [0.29, 0.717) is 6.04 Å². The van der Waals surface area contributed by atoms with Gasteiger partial charge in [-0.1, -0.05) is 12.1 Å². The number of likely N-dealkylation sites (tertiary alicyclic amines) is 1. The minimum absolute atomic E-state index is 0.0464. The molecule has 2 atom stereocenters. The number of fused-ring (bicyclic) bond motifs is 2. The van der Waals surface area contributed by atoms with Crippen molar-refractivity contribution in [1.82, 2.24) is 20.5 Å². The Kier molecular flexibility index (Phi) is 6.00. The number of nitrogens with zero attached hydrogens (tertiary/aromatic N) is 2. The van der Waals surface area contributed by atoms with Gasteiger partial charge in [0.15, 0.2) is 0 Å². The van der Waals surface area contributed by atoms with Gasteiger partial charge in [0.2, 0.25) is 0 Å². The van der Waals surface area contributed by atoms with Crippen LogP contribution in [0, 0.1) is 17.8 Å². The van der Waals surface area contributed by atoms with E-state index in [1.807, 2.05) is 30.3 Å². The topological polar surface area (TPSA) is 57.3 Å². The molecule has 30 heavy (non-hydrogen) atoms. The average Bonchev–Trinajstić information content (AvgIpc) is 3.26. The fourth-order valence-electron chi connectivity index (χ4n) is 5.84. The minimum Gasteiger partial charge on any atom is -0.349 e. The molecule has 2 aliphatic heterocycles. The molecule has 3 aliphatic rings. The molecule has 1 amide bonds. The highest BCUT2D eigenvalue weighted by atomic mass is 16.1. The first-order valence-corrected chi connectivity index (χ1v) is 11.8. The maximum Gasteiger partial charge on any atom is 0.252 e. The van der Waals surface area contributed by atoms with Crippen LogP contribution in [0.3, 0.4) is 0 Å². The molecule has 0 bridgehead atoms. The lowest BCUT2D eigenvalue weighted by Gasteiger charge is -2.36. The summed E-state index contributed by atoms with van der Waals surface area (Å²) in [7, 11) is 0. The van der Waals surface area contributed by atoms with Gasteiger partial charge in [0.1, 0.15) is 0 Å². The molecule has 2 saturated heterocycles. The fourth-order valence-corrected chi connectivity index (χ4v) is 5.84. The van der Waals surface area contributed by atoms with Crippen molar-refractivity contribution >= 4 is 16.8 Å². The van der Waals surface area contributed by atoms with E-state index in [1.54, 1.807) is 6.20 Å². The zero-order valence-electron chi connectivity index (χ0n) is 17.9. The van der Waals surface area contributed by atoms with Crippen LogP contribution < -0.4 is 10.6 Å². The molecular formula is C25H34N4O. The minimum atomic E-state index is 0.0464. The molecule has 3 heterocycles. The molecular weight excluding hydrogens is 372 g/mol. The van der Waals surface area contributed by atoms with Gasteiger partial charge in [-0.05, 0) is 101 Å². The number of carbonyl (C=O) groups is 1. The molecule has 1 aliphatic carbocycles. The van der Waals surface area contributed by atoms with Gasteiger partial charge in [-0.2, -0.15) is 0 Å². The second-order valence-corrected chi connectivity index (χ2v) is 9.62. The van der Waals surface area contributed by atoms with Gasteiger partial charge in [-0.25, -0.2) is 0 Å². The van der Waals surface area contributed by atoms with E-state index in [9.17, 15) is 4.79 Å². The number of piperidine rings is 1. The van der Waals surface area contributed by atoms with E-state index in [0.717, 1.165) is 47.1 Å². The summed E-state index contributed by atoms with van der Waals surface area (Å²) in [6.45, 7) is 6.30. The summed E-state index contributed by atoms with van der Waals surface area (Å²) in [5, 5.41) is 7.80. The first-order valence-electron chi connectivity index (χ1n) is 11.8. The molecule has 1 saturated carbocycles. The molecule has 0 radical (unpaired) electrons. The second-order valence-electron chi connectivity index (χ2n) is 9.62. The van der Waals surface area contributed by atoms with Crippen LogP contribution in [0.2, 0.25) is 0 Å². The van der Waals surface area contributed by atoms with E-state index in [-0.39, 0.29) is 5.91 Å². The Morgan fingerprint density at radius 1 is 1.07 bits per heavy atom. The maximum absolute atomic E-state index is 12.9. The Hall–Kier alpha value is -1.98. The summed E-state index contributed by atoms with van der Waals surface area (Å²) in [6, 6.07) is 9.98. The normalized spacial score (nSPS) is 29.6. The van der Waals surface area contributed by atoms with Crippen LogP contribution in [0.5, 0.6) is 0 Å². The highest BCUT2D eigenvalue weighted by molar-refractivity contribution is 6.06. The molecule has 0 unspecified atom stereocenters. The van der Waals surface area contributed by atoms with Gasteiger partial charge in [-0.15, -0.1) is 0 Å². The SMILES string of the molecule is O=C(NC1CCC(CCN2CC[C@H]3CNC[C@@H]3C2)CC1)c1cccc2ncccc12. The highest BCUT2D eigenvalue weighted by Crippen LogP contribution is 2.30. The number of aromatic nitrogens is 1. The summed E-state index contributed by atoms with van der Waals surface area (Å²) in [5.41, 5.74) is 1.62. The van der Waals surface area contributed by atoms with Gasteiger partial charge >= 0.3 is 0 Å². The summed E-state index contributed by atoms with van der Waals surface area (Å²) >= 11 is 0. The number of benzene rings is 1. The quantitative estimate of drug-likeness (QED) is 0.799. The number of carbonyl (C=O) groups excluding carboxylic acids is 1. The Bertz CT molecular complexity index is 871. The van der Waals surface area contributed by atoms with E-state index in [4.69, 9.17) is 0 Å². The third-order valence-corrected chi connectivity index (χ3v) is 7.71. The van der Waals surface area contributed by atoms with Crippen molar-refractivity contribution in [2.24, 2.45) is 17.8 Å². The standard InChI is InChI=1S/C25H34N4O/c30-25(23-3-1-5-24-22(23)4-2-12-27-24)28-21-8-6-18(7-9-21)10-13-29-14-11-19-15-26-16-20(19)17-29/h1-5,12,18-21,26H,6-11,13-17H2,(H,28,30)/t18?,19-,20+,21?/m0/s1. The Labute approximate surface area is 179 Å². The van der Waals surface area contributed by atoms with Crippen LogP contribution in [0.15, 0.2) is 36.5 Å². The van der Waals surface area contributed by atoms with Crippen molar-refractivity contribution in [3.05, 3.63) is 42.1 Å². The highest BCUT2D eigenvalue weighted by Gasteiger charge is 2.33. The second kappa shape index (κ2) is 9.03. The Morgan fingerprint density at radius 3 is 2.83 bits per heavy atom. The van der Waals surface area contributed by atoms with Crippen molar-refractivity contribution in [2.75, 3.05) is 32.7 Å². The molecule has 5 rings (SSSR count). The smallest absolute Gasteiger partial charge is 0.252 e. The van der Waals surface area contributed by atoms with E-state index in [2.05, 4.69) is 20.5 Å². The zero-order valence-corrected chi connectivity index (χ0v) is 17.9. The first-order chi connectivity index (χ1) is 14.8. The number of pyridine rings is 1. The summed E-state index contributed by atoms with van der Waals surface area (Å²) in [5.74, 6) is 2.68. The lowest BCUT2D eigenvalue weighted by molar-refractivity contribution is 0.0919.